The minimum Gasteiger partial charge on any atom is -0.462 e. The minimum absolute atomic E-state index is 0.0613. The zero-order valence-corrected chi connectivity index (χ0v) is 12.2. The summed E-state index contributed by atoms with van der Waals surface area (Å²) >= 11 is 0. The fourth-order valence-electron chi connectivity index (χ4n) is 2.86. The molecule has 0 radical (unpaired) electrons. The monoisotopic (exact) mass is 296 g/mol. The normalized spacial score (nSPS) is 17.0. The first kappa shape index (κ1) is 14.4. The molecule has 0 unspecified atom stereocenters. The standard InChI is InChI=1S/C17H17N3O2/c18-13-15(16-7-4-12-22-16)19-8-10-20(11-9-19)17(21)14-5-2-1-3-6-14/h1-7,12,15H,8-11H2/p+1/t15-/m1/s1. The smallest absolute Gasteiger partial charge is 0.254 e. The summed E-state index contributed by atoms with van der Waals surface area (Å²) in [5, 5.41) is 9.39. The van der Waals surface area contributed by atoms with E-state index in [1.165, 1.54) is 0 Å². The highest BCUT2D eigenvalue weighted by molar-refractivity contribution is 5.94. The van der Waals surface area contributed by atoms with Crippen LogP contribution in [0.25, 0.3) is 0 Å². The van der Waals surface area contributed by atoms with E-state index >= 15 is 0 Å². The van der Waals surface area contributed by atoms with Gasteiger partial charge in [0.2, 0.25) is 6.04 Å². The molecule has 0 saturated carbocycles. The molecule has 1 aliphatic heterocycles. The lowest BCUT2D eigenvalue weighted by Crippen LogP contribution is -3.15. The van der Waals surface area contributed by atoms with E-state index in [4.69, 9.17) is 4.42 Å². The van der Waals surface area contributed by atoms with Gasteiger partial charge in [0.1, 0.15) is 6.07 Å². The number of hydrogen-bond acceptors (Lipinski definition) is 3. The molecular formula is C17H18N3O2+. The van der Waals surface area contributed by atoms with Gasteiger partial charge >= 0.3 is 0 Å². The Labute approximate surface area is 129 Å². The molecule has 1 aliphatic rings. The van der Waals surface area contributed by atoms with E-state index in [0.29, 0.717) is 24.4 Å². The Morgan fingerprint density at radius 1 is 1.18 bits per heavy atom. The summed E-state index contributed by atoms with van der Waals surface area (Å²) < 4.78 is 5.36. The molecule has 5 heteroatoms. The van der Waals surface area contributed by atoms with Crippen molar-refractivity contribution in [2.75, 3.05) is 26.2 Å². The molecule has 1 aromatic heterocycles. The fourth-order valence-corrected chi connectivity index (χ4v) is 2.86. The Morgan fingerprint density at radius 3 is 2.50 bits per heavy atom. The van der Waals surface area contributed by atoms with Gasteiger partial charge in [0.25, 0.3) is 5.91 Å². The number of nitrogens with zero attached hydrogens (tertiary/aromatic N) is 2. The summed E-state index contributed by atoms with van der Waals surface area (Å²) in [5.41, 5.74) is 0.716. The van der Waals surface area contributed by atoms with Crippen molar-refractivity contribution >= 4 is 5.91 Å². The van der Waals surface area contributed by atoms with Crippen LogP contribution in [0, 0.1) is 11.3 Å². The number of quaternary nitrogens is 1. The van der Waals surface area contributed by atoms with E-state index in [-0.39, 0.29) is 11.9 Å². The Kier molecular flexibility index (Phi) is 4.22. The van der Waals surface area contributed by atoms with E-state index in [1.54, 1.807) is 12.3 Å². The van der Waals surface area contributed by atoms with Gasteiger partial charge in [0.15, 0.2) is 5.76 Å². The third-order valence-electron chi connectivity index (χ3n) is 4.08. The molecule has 2 heterocycles. The number of benzene rings is 1. The number of hydrogen-bond donors (Lipinski definition) is 1. The van der Waals surface area contributed by atoms with Crippen molar-refractivity contribution in [3.63, 3.8) is 0 Å². The number of nitrogens with one attached hydrogen (secondary N) is 1. The van der Waals surface area contributed by atoms with Crippen LogP contribution in [0.4, 0.5) is 0 Å². The second kappa shape index (κ2) is 6.46. The topological polar surface area (TPSA) is 61.7 Å². The lowest BCUT2D eigenvalue weighted by atomic mass is 10.1. The van der Waals surface area contributed by atoms with Crippen LogP contribution in [0.1, 0.15) is 22.2 Å². The Hall–Kier alpha value is -2.58. The van der Waals surface area contributed by atoms with Gasteiger partial charge in [-0.2, -0.15) is 5.26 Å². The van der Waals surface area contributed by atoms with Crippen LogP contribution in [-0.4, -0.2) is 37.0 Å². The molecule has 1 aromatic carbocycles. The van der Waals surface area contributed by atoms with Crippen molar-refractivity contribution in [3.05, 3.63) is 60.1 Å². The molecule has 112 valence electrons. The molecule has 1 fully saturated rings. The maximum absolute atomic E-state index is 12.4. The summed E-state index contributed by atoms with van der Waals surface area (Å²) in [4.78, 5) is 15.4. The zero-order chi connectivity index (χ0) is 15.4. The van der Waals surface area contributed by atoms with Crippen LogP contribution in [0.15, 0.2) is 53.1 Å². The van der Waals surface area contributed by atoms with Crippen LogP contribution in [-0.2, 0) is 0 Å². The number of carbonyl (C=O) groups is 1. The highest BCUT2D eigenvalue weighted by atomic mass is 16.3. The largest absolute Gasteiger partial charge is 0.462 e. The number of piperazine rings is 1. The van der Waals surface area contributed by atoms with Gasteiger partial charge in [-0.1, -0.05) is 18.2 Å². The maximum atomic E-state index is 12.4. The van der Waals surface area contributed by atoms with Gasteiger partial charge in [-0.15, -0.1) is 0 Å². The molecule has 2 aromatic rings. The molecule has 1 amide bonds. The average Bonchev–Trinajstić information content (AvgIpc) is 3.11. The van der Waals surface area contributed by atoms with Gasteiger partial charge in [-0.05, 0) is 24.3 Å². The molecule has 1 N–H and O–H groups in total. The number of carbonyl (C=O) groups excluding carboxylic acids is 1. The Bertz CT molecular complexity index is 653. The Balaban J connectivity index is 1.63. The van der Waals surface area contributed by atoms with Crippen LogP contribution in [0.2, 0.25) is 0 Å². The molecular weight excluding hydrogens is 278 g/mol. The van der Waals surface area contributed by atoms with Crippen molar-refractivity contribution in [1.29, 1.82) is 5.26 Å². The van der Waals surface area contributed by atoms with E-state index in [2.05, 4.69) is 6.07 Å². The summed E-state index contributed by atoms with van der Waals surface area (Å²) in [6, 6.07) is 15.0. The van der Waals surface area contributed by atoms with Gasteiger partial charge in [-0.3, -0.25) is 4.79 Å². The van der Waals surface area contributed by atoms with Crippen molar-refractivity contribution in [2.45, 2.75) is 6.04 Å². The van der Waals surface area contributed by atoms with Gasteiger partial charge in [0, 0.05) is 5.56 Å². The van der Waals surface area contributed by atoms with E-state index in [0.717, 1.165) is 18.0 Å². The van der Waals surface area contributed by atoms with Gasteiger partial charge in [-0.25, -0.2) is 0 Å². The molecule has 1 saturated heterocycles. The predicted molar refractivity (Wildman–Crippen MR) is 80.1 cm³/mol. The minimum atomic E-state index is -0.302. The molecule has 22 heavy (non-hydrogen) atoms. The van der Waals surface area contributed by atoms with E-state index in [9.17, 15) is 10.1 Å². The summed E-state index contributed by atoms with van der Waals surface area (Å²) in [6.07, 6.45) is 1.59. The summed E-state index contributed by atoms with van der Waals surface area (Å²) in [5.74, 6) is 0.756. The van der Waals surface area contributed by atoms with Crippen LogP contribution in [0.3, 0.4) is 0 Å². The van der Waals surface area contributed by atoms with Crippen molar-refractivity contribution in [1.82, 2.24) is 4.90 Å². The third kappa shape index (κ3) is 2.87. The van der Waals surface area contributed by atoms with Crippen molar-refractivity contribution in [3.8, 4) is 6.07 Å². The lowest BCUT2D eigenvalue weighted by Gasteiger charge is -2.33. The second-order valence-electron chi connectivity index (χ2n) is 5.39. The molecule has 1 atom stereocenters. The summed E-state index contributed by atoms with van der Waals surface area (Å²) in [7, 11) is 0. The zero-order valence-electron chi connectivity index (χ0n) is 12.2. The molecule has 3 rings (SSSR count). The fraction of sp³-hybridized carbons (Fsp3) is 0.294. The molecule has 0 spiro atoms. The molecule has 0 aliphatic carbocycles. The number of rotatable bonds is 3. The first-order valence-electron chi connectivity index (χ1n) is 7.41. The molecule has 0 bridgehead atoms. The first-order valence-corrected chi connectivity index (χ1v) is 7.41. The lowest BCUT2D eigenvalue weighted by molar-refractivity contribution is -0.927. The van der Waals surface area contributed by atoms with Crippen LogP contribution < -0.4 is 4.90 Å². The molecule has 5 nitrogen and oxygen atoms in total. The highest BCUT2D eigenvalue weighted by Gasteiger charge is 2.32. The Morgan fingerprint density at radius 2 is 1.91 bits per heavy atom. The SMILES string of the molecule is N#C[C@H](c1ccco1)[NH+]1CCN(C(=O)c2ccccc2)CC1. The highest BCUT2D eigenvalue weighted by Crippen LogP contribution is 2.10. The third-order valence-corrected chi connectivity index (χ3v) is 4.08. The predicted octanol–water partition coefficient (Wildman–Crippen LogP) is 0.885. The van der Waals surface area contributed by atoms with E-state index in [1.807, 2.05) is 41.3 Å². The maximum Gasteiger partial charge on any atom is 0.254 e. The van der Waals surface area contributed by atoms with Crippen molar-refractivity contribution in [2.24, 2.45) is 0 Å². The first-order chi connectivity index (χ1) is 10.8. The number of amides is 1. The average molecular weight is 296 g/mol. The quantitative estimate of drug-likeness (QED) is 0.915. The number of nitriles is 1. The van der Waals surface area contributed by atoms with Crippen molar-refractivity contribution < 1.29 is 14.1 Å². The summed E-state index contributed by atoms with van der Waals surface area (Å²) in [6.45, 7) is 2.80. The second-order valence-corrected chi connectivity index (χ2v) is 5.39. The van der Waals surface area contributed by atoms with Crippen LogP contribution in [0.5, 0.6) is 0 Å². The van der Waals surface area contributed by atoms with Crippen LogP contribution >= 0.6 is 0 Å². The van der Waals surface area contributed by atoms with Gasteiger partial charge in [0.05, 0.1) is 32.4 Å². The number of furan rings is 1. The van der Waals surface area contributed by atoms with E-state index < -0.39 is 0 Å². The van der Waals surface area contributed by atoms with Gasteiger partial charge < -0.3 is 14.2 Å².